The maximum Gasteiger partial charge on any atom is 0.387 e. The van der Waals surface area contributed by atoms with Crippen LogP contribution in [-0.2, 0) is 0 Å². The van der Waals surface area contributed by atoms with Gasteiger partial charge in [0.2, 0.25) is 5.13 Å². The number of hydrogen-bond donors (Lipinski definition) is 1. The van der Waals surface area contributed by atoms with E-state index in [2.05, 4.69) is 20.2 Å². The van der Waals surface area contributed by atoms with E-state index in [0.717, 1.165) is 10.2 Å². The van der Waals surface area contributed by atoms with Gasteiger partial charge in [-0.3, -0.25) is 5.43 Å². The normalized spacial score (nSPS) is 11.4. The summed E-state index contributed by atoms with van der Waals surface area (Å²) in [6, 6.07) is 12.6. The summed E-state index contributed by atoms with van der Waals surface area (Å²) >= 11 is 1.45. The van der Waals surface area contributed by atoms with Gasteiger partial charge in [0, 0.05) is 5.56 Å². The van der Waals surface area contributed by atoms with Crippen LogP contribution < -0.4 is 14.9 Å². The van der Waals surface area contributed by atoms with Crippen LogP contribution >= 0.6 is 11.3 Å². The van der Waals surface area contributed by atoms with Crippen LogP contribution in [0.3, 0.4) is 0 Å². The molecule has 25 heavy (non-hydrogen) atoms. The van der Waals surface area contributed by atoms with E-state index in [0.29, 0.717) is 17.3 Å². The Balaban J connectivity index is 1.80. The number of rotatable bonds is 7. The average molecular weight is 363 g/mol. The van der Waals surface area contributed by atoms with Gasteiger partial charge in [0.05, 0.1) is 23.0 Å². The van der Waals surface area contributed by atoms with Gasteiger partial charge < -0.3 is 9.47 Å². The van der Waals surface area contributed by atoms with Crippen LogP contribution in [0.5, 0.6) is 11.5 Å². The van der Waals surface area contributed by atoms with Crippen LogP contribution in [0.25, 0.3) is 10.2 Å². The number of alkyl halides is 2. The third kappa shape index (κ3) is 4.21. The molecule has 0 amide bonds. The summed E-state index contributed by atoms with van der Waals surface area (Å²) in [5.74, 6) is 0.195. The van der Waals surface area contributed by atoms with Gasteiger partial charge in [0.15, 0.2) is 11.5 Å². The molecule has 1 N–H and O–H groups in total. The number of aromatic nitrogens is 1. The van der Waals surface area contributed by atoms with Crippen LogP contribution in [0.15, 0.2) is 47.6 Å². The van der Waals surface area contributed by atoms with Crippen LogP contribution in [-0.4, -0.2) is 24.4 Å². The van der Waals surface area contributed by atoms with E-state index in [-0.39, 0.29) is 11.5 Å². The van der Waals surface area contributed by atoms with Crippen LogP contribution in [0.1, 0.15) is 12.5 Å². The van der Waals surface area contributed by atoms with Gasteiger partial charge in [-0.1, -0.05) is 29.5 Å². The zero-order valence-electron chi connectivity index (χ0n) is 13.3. The Morgan fingerprint density at radius 3 is 2.84 bits per heavy atom. The summed E-state index contributed by atoms with van der Waals surface area (Å²) in [7, 11) is 0. The minimum Gasteiger partial charge on any atom is -0.490 e. The van der Waals surface area contributed by atoms with E-state index in [1.54, 1.807) is 25.1 Å². The van der Waals surface area contributed by atoms with Crippen molar-refractivity contribution >= 4 is 32.9 Å². The highest BCUT2D eigenvalue weighted by Crippen LogP contribution is 2.32. The second-order valence-corrected chi connectivity index (χ2v) is 5.87. The first-order valence-electron chi connectivity index (χ1n) is 7.52. The van der Waals surface area contributed by atoms with E-state index in [1.165, 1.54) is 17.6 Å². The van der Waals surface area contributed by atoms with E-state index in [9.17, 15) is 8.78 Å². The number of halogens is 2. The van der Waals surface area contributed by atoms with Gasteiger partial charge in [0.25, 0.3) is 0 Å². The molecule has 0 unspecified atom stereocenters. The number of fused-ring (bicyclic) bond motifs is 1. The number of hydrazone groups is 1. The van der Waals surface area contributed by atoms with Crippen molar-refractivity contribution in [3.8, 4) is 11.5 Å². The highest BCUT2D eigenvalue weighted by molar-refractivity contribution is 7.22. The van der Waals surface area contributed by atoms with Crippen molar-refractivity contribution in [2.45, 2.75) is 13.5 Å². The van der Waals surface area contributed by atoms with Gasteiger partial charge in [-0.2, -0.15) is 13.9 Å². The molecule has 8 heteroatoms. The third-order valence-electron chi connectivity index (χ3n) is 3.17. The Morgan fingerprint density at radius 2 is 2.08 bits per heavy atom. The number of thiazole rings is 1. The molecule has 3 aromatic rings. The standard InChI is InChI=1S/C17H15F2N3O2S/c1-2-23-13-8-5-6-11(15(13)24-16(18)19)10-20-22-17-21-12-7-3-4-9-14(12)25-17/h3-10,16H,2H2,1H3,(H,21,22)/b20-10-. The topological polar surface area (TPSA) is 55.7 Å². The fraction of sp³-hybridized carbons (Fsp3) is 0.176. The Hall–Kier alpha value is -2.74. The number of anilines is 1. The van der Waals surface area contributed by atoms with Gasteiger partial charge in [-0.15, -0.1) is 0 Å². The molecule has 0 spiro atoms. The minimum absolute atomic E-state index is 0.0470. The van der Waals surface area contributed by atoms with Gasteiger partial charge in [-0.05, 0) is 31.2 Å². The molecule has 0 atom stereocenters. The van der Waals surface area contributed by atoms with E-state index < -0.39 is 6.61 Å². The van der Waals surface area contributed by atoms with Gasteiger partial charge in [-0.25, -0.2) is 4.98 Å². The number of para-hydroxylation sites is 2. The smallest absolute Gasteiger partial charge is 0.387 e. The van der Waals surface area contributed by atoms with Gasteiger partial charge >= 0.3 is 6.61 Å². The molecule has 0 fully saturated rings. The van der Waals surface area contributed by atoms with Crippen LogP contribution in [0.4, 0.5) is 13.9 Å². The van der Waals surface area contributed by atoms with Crippen LogP contribution in [0.2, 0.25) is 0 Å². The monoisotopic (exact) mass is 363 g/mol. The van der Waals surface area contributed by atoms with Crippen molar-refractivity contribution in [2.75, 3.05) is 12.0 Å². The molecule has 0 saturated heterocycles. The van der Waals surface area contributed by atoms with E-state index >= 15 is 0 Å². The average Bonchev–Trinajstić information content (AvgIpc) is 3.00. The van der Waals surface area contributed by atoms with Gasteiger partial charge in [0.1, 0.15) is 0 Å². The molecule has 0 bridgehead atoms. The predicted molar refractivity (Wildman–Crippen MR) is 95.1 cm³/mol. The molecule has 130 valence electrons. The number of ether oxygens (including phenoxy) is 2. The van der Waals surface area contributed by atoms with Crippen molar-refractivity contribution in [1.82, 2.24) is 4.98 Å². The molecule has 0 radical (unpaired) electrons. The summed E-state index contributed by atoms with van der Waals surface area (Å²) in [6.45, 7) is -0.850. The van der Waals surface area contributed by atoms with Crippen molar-refractivity contribution in [3.63, 3.8) is 0 Å². The molecule has 0 aliphatic rings. The summed E-state index contributed by atoms with van der Waals surface area (Å²) < 4.78 is 36.3. The predicted octanol–water partition coefficient (Wildman–Crippen LogP) is 4.74. The first kappa shape index (κ1) is 17.1. The minimum atomic E-state index is -2.95. The fourth-order valence-corrected chi connectivity index (χ4v) is 3.01. The van der Waals surface area contributed by atoms with Crippen molar-refractivity contribution in [1.29, 1.82) is 0 Å². The summed E-state index contributed by atoms with van der Waals surface area (Å²) in [4.78, 5) is 4.38. The SMILES string of the molecule is CCOc1cccc(/C=N\Nc2nc3ccccc3s2)c1OC(F)F. The summed E-state index contributed by atoms with van der Waals surface area (Å²) in [5.41, 5.74) is 4.05. The second-order valence-electron chi connectivity index (χ2n) is 4.84. The molecule has 1 aromatic heterocycles. The molecular weight excluding hydrogens is 348 g/mol. The van der Waals surface area contributed by atoms with E-state index in [1.807, 2.05) is 24.3 Å². The maximum atomic E-state index is 12.7. The number of hydrogen-bond acceptors (Lipinski definition) is 6. The molecule has 0 aliphatic heterocycles. The maximum absolute atomic E-state index is 12.7. The fourth-order valence-electron chi connectivity index (χ4n) is 2.20. The molecule has 5 nitrogen and oxygen atoms in total. The Bertz CT molecular complexity index is 850. The Morgan fingerprint density at radius 1 is 1.24 bits per heavy atom. The highest BCUT2D eigenvalue weighted by atomic mass is 32.1. The third-order valence-corrected chi connectivity index (χ3v) is 4.11. The van der Waals surface area contributed by atoms with Crippen LogP contribution in [0, 0.1) is 0 Å². The lowest BCUT2D eigenvalue weighted by Gasteiger charge is -2.13. The molecule has 1 heterocycles. The second kappa shape index (κ2) is 7.89. The Labute approximate surface area is 146 Å². The quantitative estimate of drug-likeness (QED) is 0.486. The molecular formula is C17H15F2N3O2S. The zero-order chi connectivity index (χ0) is 17.6. The largest absolute Gasteiger partial charge is 0.490 e. The van der Waals surface area contributed by atoms with Crippen molar-refractivity contribution in [3.05, 3.63) is 48.0 Å². The molecule has 0 aliphatic carbocycles. The highest BCUT2D eigenvalue weighted by Gasteiger charge is 2.14. The Kier molecular flexibility index (Phi) is 5.39. The lowest BCUT2D eigenvalue weighted by Crippen LogP contribution is -2.07. The summed E-state index contributed by atoms with van der Waals surface area (Å²) in [6.07, 6.45) is 1.40. The molecule has 2 aromatic carbocycles. The number of nitrogens with one attached hydrogen (secondary N) is 1. The van der Waals surface area contributed by atoms with E-state index in [4.69, 9.17) is 4.74 Å². The first-order valence-corrected chi connectivity index (χ1v) is 8.34. The molecule has 3 rings (SSSR count). The molecule has 0 saturated carbocycles. The zero-order valence-corrected chi connectivity index (χ0v) is 14.1. The van der Waals surface area contributed by atoms with Crippen molar-refractivity contribution in [2.24, 2.45) is 5.10 Å². The lowest BCUT2D eigenvalue weighted by atomic mass is 10.2. The van der Waals surface area contributed by atoms with Crippen molar-refractivity contribution < 1.29 is 18.3 Å². The first-order chi connectivity index (χ1) is 12.2. The number of benzene rings is 2. The lowest BCUT2D eigenvalue weighted by molar-refractivity contribution is -0.0515. The summed E-state index contributed by atoms with van der Waals surface area (Å²) in [5, 5.41) is 4.68. The number of nitrogens with zero attached hydrogens (tertiary/aromatic N) is 2.